The predicted molar refractivity (Wildman–Crippen MR) is 97.1 cm³/mol. The third-order valence-electron chi connectivity index (χ3n) is 5.02. The third kappa shape index (κ3) is 3.85. The molecule has 1 saturated carbocycles. The highest BCUT2D eigenvalue weighted by Crippen LogP contribution is 2.31. The van der Waals surface area contributed by atoms with Crippen molar-refractivity contribution in [1.82, 2.24) is 10.1 Å². The van der Waals surface area contributed by atoms with Crippen molar-refractivity contribution in [3.8, 4) is 11.3 Å². The molecule has 0 bridgehead atoms. The number of anilines is 1. The van der Waals surface area contributed by atoms with Crippen LogP contribution in [0, 0.1) is 0 Å². The Labute approximate surface area is 148 Å². The Hall–Kier alpha value is -2.34. The number of carboxylic acid groups (broad SMARTS) is 1. The molecular formula is C19H25N3O3. The van der Waals surface area contributed by atoms with E-state index in [2.05, 4.69) is 17.1 Å². The summed E-state index contributed by atoms with van der Waals surface area (Å²) in [6.45, 7) is 1.57. The molecule has 0 saturated heterocycles. The molecule has 0 unspecified atom stereocenters. The van der Waals surface area contributed by atoms with E-state index in [9.17, 15) is 9.90 Å². The lowest BCUT2D eigenvalue weighted by Gasteiger charge is -2.26. The van der Waals surface area contributed by atoms with E-state index in [0.29, 0.717) is 24.2 Å². The molecule has 1 heterocycles. The van der Waals surface area contributed by atoms with Crippen molar-refractivity contribution in [2.45, 2.75) is 31.7 Å². The van der Waals surface area contributed by atoms with Gasteiger partial charge in [0.2, 0.25) is 0 Å². The van der Waals surface area contributed by atoms with Crippen molar-refractivity contribution < 1.29 is 14.4 Å². The molecule has 134 valence electrons. The van der Waals surface area contributed by atoms with E-state index < -0.39 is 5.97 Å². The van der Waals surface area contributed by atoms with Gasteiger partial charge in [0.15, 0.2) is 17.1 Å². The quantitative estimate of drug-likeness (QED) is 0.831. The zero-order chi connectivity index (χ0) is 17.8. The number of hydrogen-bond acceptors (Lipinski definition) is 5. The normalized spacial score (nSPS) is 15.0. The van der Waals surface area contributed by atoms with Gasteiger partial charge in [0, 0.05) is 31.7 Å². The maximum Gasteiger partial charge on any atom is 0.343 e. The number of aromatic carboxylic acids is 1. The minimum Gasteiger partial charge on any atom is -0.477 e. The molecule has 1 N–H and O–H groups in total. The van der Waals surface area contributed by atoms with Crippen LogP contribution in [0.3, 0.4) is 0 Å². The van der Waals surface area contributed by atoms with E-state index >= 15 is 0 Å². The summed E-state index contributed by atoms with van der Waals surface area (Å²) in [6, 6.07) is 9.87. The fourth-order valence-corrected chi connectivity index (χ4v) is 3.46. The van der Waals surface area contributed by atoms with Gasteiger partial charge in [-0.2, -0.15) is 0 Å². The molecule has 1 fully saturated rings. The standard InChI is InChI=1S/C19H25N3O3/c1-21(15-10-6-7-11-15)12-13-22(2)18-16(19(23)24)17(25-20-18)14-8-4-3-5-9-14/h3-5,8-9,15H,6-7,10-13H2,1-2H3,(H,23,24). The topological polar surface area (TPSA) is 69.8 Å². The third-order valence-corrected chi connectivity index (χ3v) is 5.02. The predicted octanol–water partition coefficient (Wildman–Crippen LogP) is 3.35. The molecule has 25 heavy (non-hydrogen) atoms. The Morgan fingerprint density at radius 2 is 1.88 bits per heavy atom. The summed E-state index contributed by atoms with van der Waals surface area (Å²) >= 11 is 0. The van der Waals surface area contributed by atoms with Crippen LogP contribution in [0.2, 0.25) is 0 Å². The summed E-state index contributed by atoms with van der Waals surface area (Å²) in [7, 11) is 4.00. The zero-order valence-electron chi connectivity index (χ0n) is 14.8. The van der Waals surface area contributed by atoms with Crippen LogP contribution in [-0.4, -0.2) is 54.4 Å². The largest absolute Gasteiger partial charge is 0.477 e. The molecule has 1 aromatic heterocycles. The fourth-order valence-electron chi connectivity index (χ4n) is 3.46. The van der Waals surface area contributed by atoms with Crippen LogP contribution in [0.25, 0.3) is 11.3 Å². The number of carbonyl (C=O) groups is 1. The molecule has 3 rings (SSSR count). The molecule has 0 atom stereocenters. The lowest BCUT2D eigenvalue weighted by atomic mass is 10.1. The van der Waals surface area contributed by atoms with E-state index in [1.54, 1.807) is 0 Å². The van der Waals surface area contributed by atoms with Crippen molar-refractivity contribution in [3.05, 3.63) is 35.9 Å². The number of benzene rings is 1. The Morgan fingerprint density at radius 3 is 2.52 bits per heavy atom. The number of carboxylic acids is 1. The highest BCUT2D eigenvalue weighted by Gasteiger charge is 2.26. The average Bonchev–Trinajstić information content (AvgIpc) is 3.29. The summed E-state index contributed by atoms with van der Waals surface area (Å²) in [5.74, 6) is -0.337. The lowest BCUT2D eigenvalue weighted by Crippen LogP contribution is -2.36. The van der Waals surface area contributed by atoms with Crippen LogP contribution in [0.5, 0.6) is 0 Å². The van der Waals surface area contributed by atoms with Crippen molar-refractivity contribution in [2.24, 2.45) is 0 Å². The van der Waals surface area contributed by atoms with Gasteiger partial charge in [-0.05, 0) is 19.9 Å². The molecule has 6 heteroatoms. The van der Waals surface area contributed by atoms with Gasteiger partial charge in [0.05, 0.1) is 0 Å². The van der Waals surface area contributed by atoms with Gasteiger partial charge < -0.3 is 19.4 Å². The maximum atomic E-state index is 11.8. The van der Waals surface area contributed by atoms with Gasteiger partial charge in [-0.15, -0.1) is 0 Å². The Morgan fingerprint density at radius 1 is 1.20 bits per heavy atom. The van der Waals surface area contributed by atoms with Crippen LogP contribution in [0.4, 0.5) is 5.82 Å². The molecular weight excluding hydrogens is 318 g/mol. The number of rotatable bonds is 7. The second-order valence-corrected chi connectivity index (χ2v) is 6.72. The minimum absolute atomic E-state index is 0.122. The number of likely N-dealkylation sites (N-methyl/N-ethyl adjacent to an activating group) is 2. The van der Waals surface area contributed by atoms with Crippen LogP contribution < -0.4 is 4.90 Å². The molecule has 6 nitrogen and oxygen atoms in total. The van der Waals surface area contributed by atoms with Crippen molar-refractivity contribution >= 4 is 11.8 Å². The van der Waals surface area contributed by atoms with E-state index in [1.165, 1.54) is 25.7 Å². The second kappa shape index (κ2) is 7.70. The van der Waals surface area contributed by atoms with Gasteiger partial charge in [-0.25, -0.2) is 4.79 Å². The Kier molecular flexibility index (Phi) is 5.38. The fraction of sp³-hybridized carbons (Fsp3) is 0.474. The van der Waals surface area contributed by atoms with E-state index in [1.807, 2.05) is 42.3 Å². The molecule has 1 aliphatic rings. The Balaban J connectivity index is 1.75. The molecule has 1 aliphatic carbocycles. The molecule has 0 aliphatic heterocycles. The average molecular weight is 343 g/mol. The number of aromatic nitrogens is 1. The second-order valence-electron chi connectivity index (χ2n) is 6.72. The first-order valence-electron chi connectivity index (χ1n) is 8.77. The maximum absolute atomic E-state index is 11.8. The number of hydrogen-bond donors (Lipinski definition) is 1. The van der Waals surface area contributed by atoms with Gasteiger partial charge in [0.1, 0.15) is 0 Å². The first-order chi connectivity index (χ1) is 12.1. The molecule has 2 aromatic rings. The molecule has 0 amide bonds. The van der Waals surface area contributed by atoms with E-state index in [4.69, 9.17) is 4.52 Å². The molecule has 0 radical (unpaired) electrons. The monoisotopic (exact) mass is 343 g/mol. The van der Waals surface area contributed by atoms with Gasteiger partial charge in [-0.3, -0.25) is 0 Å². The first-order valence-corrected chi connectivity index (χ1v) is 8.77. The highest BCUT2D eigenvalue weighted by atomic mass is 16.5. The van der Waals surface area contributed by atoms with E-state index in [0.717, 1.165) is 12.1 Å². The Bertz CT molecular complexity index is 708. The van der Waals surface area contributed by atoms with E-state index in [-0.39, 0.29) is 5.56 Å². The summed E-state index contributed by atoms with van der Waals surface area (Å²) in [5.41, 5.74) is 0.840. The number of nitrogens with zero attached hydrogens (tertiary/aromatic N) is 3. The van der Waals surface area contributed by atoms with Crippen LogP contribution in [0.15, 0.2) is 34.9 Å². The summed E-state index contributed by atoms with van der Waals surface area (Å²) in [4.78, 5) is 16.0. The van der Waals surface area contributed by atoms with Crippen molar-refractivity contribution in [2.75, 3.05) is 32.1 Å². The van der Waals surface area contributed by atoms with Crippen LogP contribution >= 0.6 is 0 Å². The molecule has 1 aromatic carbocycles. The summed E-state index contributed by atoms with van der Waals surface area (Å²) in [5, 5.41) is 13.7. The minimum atomic E-state index is -1.02. The van der Waals surface area contributed by atoms with Gasteiger partial charge >= 0.3 is 5.97 Å². The van der Waals surface area contributed by atoms with Gasteiger partial charge in [0.25, 0.3) is 0 Å². The first kappa shape index (κ1) is 17.5. The van der Waals surface area contributed by atoms with Crippen LogP contribution in [0.1, 0.15) is 36.0 Å². The SMILES string of the molecule is CN(CCN(C)C1CCCC1)c1noc(-c2ccccc2)c1C(=O)O. The van der Waals surface area contributed by atoms with Crippen molar-refractivity contribution in [3.63, 3.8) is 0 Å². The zero-order valence-corrected chi connectivity index (χ0v) is 14.8. The van der Waals surface area contributed by atoms with Crippen molar-refractivity contribution in [1.29, 1.82) is 0 Å². The summed E-state index contributed by atoms with van der Waals surface area (Å²) in [6.07, 6.45) is 5.11. The summed E-state index contributed by atoms with van der Waals surface area (Å²) < 4.78 is 5.38. The molecule has 0 spiro atoms. The van der Waals surface area contributed by atoms with Gasteiger partial charge in [-0.1, -0.05) is 48.3 Å². The highest BCUT2D eigenvalue weighted by molar-refractivity contribution is 5.99. The lowest BCUT2D eigenvalue weighted by molar-refractivity contribution is 0.0698. The van der Waals surface area contributed by atoms with Crippen LogP contribution in [-0.2, 0) is 0 Å². The smallest absolute Gasteiger partial charge is 0.343 e.